The smallest absolute Gasteiger partial charge is 0.224 e. The van der Waals surface area contributed by atoms with Gasteiger partial charge in [-0.2, -0.15) is 4.98 Å². The molecule has 2 heterocycles. The van der Waals surface area contributed by atoms with Gasteiger partial charge < -0.3 is 10.6 Å². The molecular weight excluding hydrogens is 274 g/mol. The lowest BCUT2D eigenvalue weighted by Crippen LogP contribution is -2.07. The van der Waals surface area contributed by atoms with Crippen molar-refractivity contribution in [2.45, 2.75) is 45.4 Å². The molecule has 2 aromatic heterocycles. The van der Waals surface area contributed by atoms with Gasteiger partial charge in [0, 0.05) is 24.5 Å². The van der Waals surface area contributed by atoms with E-state index in [1.807, 2.05) is 19.2 Å². The Labute approximate surface area is 131 Å². The first-order valence-corrected chi connectivity index (χ1v) is 8.13. The van der Waals surface area contributed by atoms with Crippen molar-refractivity contribution in [3.05, 3.63) is 35.7 Å². The maximum atomic E-state index is 4.53. The van der Waals surface area contributed by atoms with Crippen LogP contribution in [0.5, 0.6) is 0 Å². The summed E-state index contributed by atoms with van der Waals surface area (Å²) in [5.74, 6) is 3.05. The summed E-state index contributed by atoms with van der Waals surface area (Å²) in [4.78, 5) is 13.4. The number of pyridine rings is 1. The molecule has 1 fully saturated rings. The van der Waals surface area contributed by atoms with Crippen molar-refractivity contribution < 1.29 is 0 Å². The van der Waals surface area contributed by atoms with Crippen molar-refractivity contribution >= 4 is 17.6 Å². The Balaban J connectivity index is 1.82. The van der Waals surface area contributed by atoms with Gasteiger partial charge in [-0.15, -0.1) is 0 Å². The number of hydrogen-bond acceptors (Lipinski definition) is 5. The van der Waals surface area contributed by atoms with Gasteiger partial charge in [-0.05, 0) is 49.8 Å². The van der Waals surface area contributed by atoms with Gasteiger partial charge >= 0.3 is 0 Å². The van der Waals surface area contributed by atoms with E-state index in [1.165, 1.54) is 18.4 Å². The maximum Gasteiger partial charge on any atom is 0.224 e. The third-order valence-electron chi connectivity index (χ3n) is 3.71. The highest BCUT2D eigenvalue weighted by molar-refractivity contribution is 5.55. The summed E-state index contributed by atoms with van der Waals surface area (Å²) in [6.07, 6.45) is 6.47. The summed E-state index contributed by atoms with van der Waals surface area (Å²) < 4.78 is 0. The van der Waals surface area contributed by atoms with E-state index in [0.29, 0.717) is 5.95 Å². The molecule has 5 nitrogen and oxygen atoms in total. The van der Waals surface area contributed by atoms with E-state index in [1.54, 1.807) is 0 Å². The largest absolute Gasteiger partial charge is 0.354 e. The molecule has 116 valence electrons. The van der Waals surface area contributed by atoms with Crippen molar-refractivity contribution in [1.82, 2.24) is 15.0 Å². The molecule has 2 N–H and O–H groups in total. The molecule has 0 aromatic carbocycles. The minimum absolute atomic E-state index is 0.675. The predicted octanol–water partition coefficient (Wildman–Crippen LogP) is 3.88. The number of rotatable bonds is 7. The third-order valence-corrected chi connectivity index (χ3v) is 3.71. The van der Waals surface area contributed by atoms with Crippen molar-refractivity contribution in [3.8, 4) is 0 Å². The third kappa shape index (κ3) is 3.72. The fraction of sp³-hybridized carbons (Fsp3) is 0.471. The first-order valence-electron chi connectivity index (χ1n) is 8.13. The van der Waals surface area contributed by atoms with E-state index < -0.39 is 0 Å². The molecule has 22 heavy (non-hydrogen) atoms. The summed E-state index contributed by atoms with van der Waals surface area (Å²) in [7, 11) is 0. The average Bonchev–Trinajstić information content (AvgIpc) is 3.33. The lowest BCUT2D eigenvalue weighted by Gasteiger charge is -2.10. The number of nitrogens with zero attached hydrogens (tertiary/aromatic N) is 3. The number of aromatic nitrogens is 3. The highest BCUT2D eigenvalue weighted by atomic mass is 15.2. The molecule has 3 rings (SSSR count). The van der Waals surface area contributed by atoms with E-state index in [4.69, 9.17) is 0 Å². The fourth-order valence-electron chi connectivity index (χ4n) is 2.50. The Bertz CT molecular complexity index is 612. The van der Waals surface area contributed by atoms with Crippen LogP contribution in [-0.2, 0) is 6.42 Å². The van der Waals surface area contributed by atoms with Crippen LogP contribution in [0.25, 0.3) is 0 Å². The van der Waals surface area contributed by atoms with Crippen LogP contribution in [-0.4, -0.2) is 21.5 Å². The van der Waals surface area contributed by atoms with Crippen LogP contribution >= 0.6 is 0 Å². The number of anilines is 3. The van der Waals surface area contributed by atoms with Crippen molar-refractivity contribution in [1.29, 1.82) is 0 Å². The molecule has 0 saturated heterocycles. The Morgan fingerprint density at radius 1 is 1.14 bits per heavy atom. The van der Waals surface area contributed by atoms with Crippen LogP contribution in [0.3, 0.4) is 0 Å². The lowest BCUT2D eigenvalue weighted by molar-refractivity contribution is 0.873. The summed E-state index contributed by atoms with van der Waals surface area (Å²) in [6.45, 7) is 5.01. The Hall–Kier alpha value is -2.17. The van der Waals surface area contributed by atoms with E-state index in [-0.39, 0.29) is 0 Å². The molecule has 2 aromatic rings. The topological polar surface area (TPSA) is 62.7 Å². The molecule has 0 radical (unpaired) electrons. The Morgan fingerprint density at radius 3 is 2.73 bits per heavy atom. The van der Waals surface area contributed by atoms with Crippen molar-refractivity contribution in [2.24, 2.45) is 0 Å². The first-order chi connectivity index (χ1) is 10.8. The van der Waals surface area contributed by atoms with Crippen LogP contribution in [0.1, 0.15) is 50.3 Å². The normalized spacial score (nSPS) is 13.9. The average molecular weight is 297 g/mol. The van der Waals surface area contributed by atoms with Gasteiger partial charge in [-0.3, -0.25) is 0 Å². The molecule has 0 amide bonds. The minimum Gasteiger partial charge on any atom is -0.354 e. The molecular formula is C17H23N5. The molecule has 0 aliphatic heterocycles. The summed E-state index contributed by atoms with van der Waals surface area (Å²) >= 11 is 0. The second-order valence-electron chi connectivity index (χ2n) is 5.72. The van der Waals surface area contributed by atoms with Gasteiger partial charge in [0.1, 0.15) is 11.6 Å². The van der Waals surface area contributed by atoms with Gasteiger partial charge in [0.25, 0.3) is 0 Å². The summed E-state index contributed by atoms with van der Waals surface area (Å²) in [5.41, 5.74) is 2.42. The molecule has 1 aliphatic carbocycles. The Morgan fingerprint density at radius 2 is 2.00 bits per heavy atom. The molecule has 1 saturated carbocycles. The highest BCUT2D eigenvalue weighted by Crippen LogP contribution is 2.40. The highest BCUT2D eigenvalue weighted by Gasteiger charge is 2.23. The van der Waals surface area contributed by atoms with Crippen LogP contribution in [0.4, 0.5) is 17.6 Å². The quantitative estimate of drug-likeness (QED) is 0.812. The molecule has 0 bridgehead atoms. The van der Waals surface area contributed by atoms with E-state index >= 15 is 0 Å². The zero-order chi connectivity index (χ0) is 15.4. The number of hydrogen-bond donors (Lipinski definition) is 2. The second kappa shape index (κ2) is 6.73. The predicted molar refractivity (Wildman–Crippen MR) is 89.7 cm³/mol. The van der Waals surface area contributed by atoms with Crippen molar-refractivity contribution in [2.75, 3.05) is 17.2 Å². The fourth-order valence-corrected chi connectivity index (χ4v) is 2.50. The minimum atomic E-state index is 0.675. The van der Waals surface area contributed by atoms with Gasteiger partial charge in [0.2, 0.25) is 5.95 Å². The number of aryl methyl sites for hydroxylation is 1. The monoisotopic (exact) mass is 297 g/mol. The van der Waals surface area contributed by atoms with Crippen LogP contribution in [0, 0.1) is 0 Å². The van der Waals surface area contributed by atoms with Crippen LogP contribution < -0.4 is 10.6 Å². The van der Waals surface area contributed by atoms with Gasteiger partial charge in [0.15, 0.2) is 0 Å². The van der Waals surface area contributed by atoms with E-state index in [2.05, 4.69) is 44.6 Å². The first kappa shape index (κ1) is 14.8. The SMILES string of the molecule is CCCc1cc(Nc2cc(C3CC3)ccn2)nc(NCC)n1. The van der Waals surface area contributed by atoms with Crippen LogP contribution in [0.2, 0.25) is 0 Å². The lowest BCUT2D eigenvalue weighted by atomic mass is 10.2. The van der Waals surface area contributed by atoms with Gasteiger partial charge in [0.05, 0.1) is 0 Å². The molecule has 1 aliphatic rings. The van der Waals surface area contributed by atoms with Crippen LogP contribution in [0.15, 0.2) is 24.4 Å². The molecule has 0 unspecified atom stereocenters. The summed E-state index contributed by atoms with van der Waals surface area (Å²) in [6, 6.07) is 6.25. The number of nitrogens with one attached hydrogen (secondary N) is 2. The maximum absolute atomic E-state index is 4.53. The van der Waals surface area contributed by atoms with Gasteiger partial charge in [-0.25, -0.2) is 9.97 Å². The second-order valence-corrected chi connectivity index (χ2v) is 5.72. The molecule has 0 atom stereocenters. The Kier molecular flexibility index (Phi) is 4.51. The zero-order valence-electron chi connectivity index (χ0n) is 13.3. The molecule has 5 heteroatoms. The van der Waals surface area contributed by atoms with E-state index in [0.717, 1.165) is 42.6 Å². The molecule has 0 spiro atoms. The summed E-state index contributed by atoms with van der Waals surface area (Å²) in [5, 5.41) is 6.51. The standard InChI is InChI=1S/C17H23N5/c1-3-5-14-11-16(22-17(20-14)18-4-2)21-15-10-13(8-9-19-15)12-6-7-12/h8-12H,3-7H2,1-2H3,(H2,18,19,20,21,22). The zero-order valence-corrected chi connectivity index (χ0v) is 13.3. The van der Waals surface area contributed by atoms with Crippen molar-refractivity contribution in [3.63, 3.8) is 0 Å². The van der Waals surface area contributed by atoms with Gasteiger partial charge in [-0.1, -0.05) is 13.3 Å². The van der Waals surface area contributed by atoms with E-state index in [9.17, 15) is 0 Å².